The molecule has 0 aliphatic heterocycles. The first-order valence-electron chi connectivity index (χ1n) is 5.62. The van der Waals surface area contributed by atoms with E-state index in [0.717, 1.165) is 11.5 Å². The monoisotopic (exact) mass is 233 g/mol. The molecule has 0 unspecified atom stereocenters. The molecule has 0 aromatic carbocycles. The topological polar surface area (TPSA) is 46.6 Å². The largest absolute Gasteiger partial charge is 0.467 e. The van der Waals surface area contributed by atoms with Crippen molar-refractivity contribution >= 4 is 5.91 Å². The molecule has 4 heteroatoms. The third-order valence-electron chi connectivity index (χ3n) is 2.51. The standard InChI is InChI=1S/C13H15NO3/c1-2-13(15)14(9-11-5-3-7-16-11)10-12-6-4-8-17-12/h3-8H,2,9-10H2,1H3. The Morgan fingerprint density at radius 3 is 2.00 bits per heavy atom. The van der Waals surface area contributed by atoms with Crippen LogP contribution in [0.15, 0.2) is 45.6 Å². The van der Waals surface area contributed by atoms with Crippen molar-refractivity contribution < 1.29 is 13.6 Å². The predicted octanol–water partition coefficient (Wildman–Crippen LogP) is 2.81. The van der Waals surface area contributed by atoms with E-state index in [4.69, 9.17) is 8.83 Å². The number of carbonyl (C=O) groups is 1. The highest BCUT2D eigenvalue weighted by molar-refractivity contribution is 5.75. The van der Waals surface area contributed by atoms with E-state index in [2.05, 4.69) is 0 Å². The molecule has 0 saturated carbocycles. The van der Waals surface area contributed by atoms with Crippen LogP contribution in [-0.2, 0) is 17.9 Å². The van der Waals surface area contributed by atoms with Crippen molar-refractivity contribution in [2.24, 2.45) is 0 Å². The molecule has 2 aromatic rings. The number of hydrogen-bond donors (Lipinski definition) is 0. The summed E-state index contributed by atoms with van der Waals surface area (Å²) in [5, 5.41) is 0. The maximum absolute atomic E-state index is 11.8. The highest BCUT2D eigenvalue weighted by Gasteiger charge is 2.15. The summed E-state index contributed by atoms with van der Waals surface area (Å²) in [6.45, 7) is 2.79. The van der Waals surface area contributed by atoms with E-state index < -0.39 is 0 Å². The van der Waals surface area contributed by atoms with Gasteiger partial charge in [0.25, 0.3) is 0 Å². The molecule has 0 spiro atoms. The van der Waals surface area contributed by atoms with Crippen molar-refractivity contribution in [2.75, 3.05) is 0 Å². The van der Waals surface area contributed by atoms with Crippen LogP contribution in [0.3, 0.4) is 0 Å². The van der Waals surface area contributed by atoms with Gasteiger partial charge in [0.15, 0.2) is 0 Å². The maximum Gasteiger partial charge on any atom is 0.223 e. The molecule has 0 saturated heterocycles. The number of hydrogen-bond acceptors (Lipinski definition) is 3. The lowest BCUT2D eigenvalue weighted by Gasteiger charge is -2.19. The zero-order chi connectivity index (χ0) is 12.1. The molecule has 0 bridgehead atoms. The van der Waals surface area contributed by atoms with Crippen LogP contribution < -0.4 is 0 Å². The Morgan fingerprint density at radius 1 is 1.12 bits per heavy atom. The summed E-state index contributed by atoms with van der Waals surface area (Å²) in [4.78, 5) is 13.5. The minimum absolute atomic E-state index is 0.0813. The molecule has 2 aromatic heterocycles. The Bertz CT molecular complexity index is 409. The summed E-state index contributed by atoms with van der Waals surface area (Å²) >= 11 is 0. The van der Waals surface area contributed by atoms with Gasteiger partial charge in [0, 0.05) is 6.42 Å². The van der Waals surface area contributed by atoms with E-state index in [-0.39, 0.29) is 5.91 Å². The van der Waals surface area contributed by atoms with Crippen molar-refractivity contribution in [1.82, 2.24) is 4.90 Å². The average Bonchev–Trinajstić information content (AvgIpc) is 3.00. The Kier molecular flexibility index (Phi) is 3.65. The molecule has 0 atom stereocenters. The third-order valence-corrected chi connectivity index (χ3v) is 2.51. The molecular weight excluding hydrogens is 218 g/mol. The molecule has 90 valence electrons. The number of rotatable bonds is 5. The Balaban J connectivity index is 2.05. The molecule has 0 radical (unpaired) electrons. The first kappa shape index (κ1) is 11.5. The van der Waals surface area contributed by atoms with Gasteiger partial charge in [-0.2, -0.15) is 0 Å². The summed E-state index contributed by atoms with van der Waals surface area (Å²) in [5.74, 6) is 1.63. The Morgan fingerprint density at radius 2 is 1.65 bits per heavy atom. The van der Waals surface area contributed by atoms with Crippen molar-refractivity contribution in [3.63, 3.8) is 0 Å². The second-order valence-corrected chi connectivity index (χ2v) is 3.76. The summed E-state index contributed by atoms with van der Waals surface area (Å²) in [5.41, 5.74) is 0. The summed E-state index contributed by atoms with van der Waals surface area (Å²) < 4.78 is 10.5. The zero-order valence-electron chi connectivity index (χ0n) is 9.76. The molecule has 2 heterocycles. The van der Waals surface area contributed by atoms with Crippen LogP contribution in [0.2, 0.25) is 0 Å². The minimum Gasteiger partial charge on any atom is -0.467 e. The van der Waals surface area contributed by atoms with Crippen molar-refractivity contribution in [3.8, 4) is 0 Å². The van der Waals surface area contributed by atoms with Gasteiger partial charge in [-0.15, -0.1) is 0 Å². The molecule has 0 aliphatic rings. The van der Waals surface area contributed by atoms with E-state index in [1.807, 2.05) is 31.2 Å². The third kappa shape index (κ3) is 3.00. The zero-order valence-corrected chi connectivity index (χ0v) is 9.76. The molecule has 2 rings (SSSR count). The van der Waals surface area contributed by atoms with E-state index in [0.29, 0.717) is 19.5 Å². The van der Waals surface area contributed by atoms with Crippen LogP contribution in [0.5, 0.6) is 0 Å². The highest BCUT2D eigenvalue weighted by atomic mass is 16.3. The van der Waals surface area contributed by atoms with Crippen LogP contribution in [0.1, 0.15) is 24.9 Å². The van der Waals surface area contributed by atoms with Gasteiger partial charge in [0.2, 0.25) is 5.91 Å². The fraction of sp³-hybridized carbons (Fsp3) is 0.308. The Labute approximate surface area is 99.8 Å². The lowest BCUT2D eigenvalue weighted by Crippen LogP contribution is -2.29. The summed E-state index contributed by atoms with van der Waals surface area (Å²) in [7, 11) is 0. The predicted molar refractivity (Wildman–Crippen MR) is 62.0 cm³/mol. The molecule has 0 aliphatic carbocycles. The highest BCUT2D eigenvalue weighted by Crippen LogP contribution is 2.12. The SMILES string of the molecule is CCC(=O)N(Cc1ccco1)Cc1ccco1. The van der Waals surface area contributed by atoms with Gasteiger partial charge in [-0.1, -0.05) is 6.92 Å². The molecular formula is C13H15NO3. The summed E-state index contributed by atoms with van der Waals surface area (Å²) in [6, 6.07) is 7.35. The molecule has 4 nitrogen and oxygen atoms in total. The van der Waals surface area contributed by atoms with Crippen LogP contribution in [-0.4, -0.2) is 10.8 Å². The van der Waals surface area contributed by atoms with E-state index in [1.165, 1.54) is 0 Å². The normalized spacial score (nSPS) is 10.4. The van der Waals surface area contributed by atoms with Crippen molar-refractivity contribution in [3.05, 3.63) is 48.3 Å². The lowest BCUT2D eigenvalue weighted by molar-refractivity contribution is -0.132. The van der Waals surface area contributed by atoms with Gasteiger partial charge >= 0.3 is 0 Å². The van der Waals surface area contributed by atoms with Crippen molar-refractivity contribution in [2.45, 2.75) is 26.4 Å². The number of amides is 1. The first-order valence-corrected chi connectivity index (χ1v) is 5.62. The quantitative estimate of drug-likeness (QED) is 0.797. The maximum atomic E-state index is 11.8. The van der Waals surface area contributed by atoms with E-state index in [1.54, 1.807) is 17.4 Å². The number of furan rings is 2. The summed E-state index contributed by atoms with van der Waals surface area (Å²) in [6.07, 6.45) is 3.69. The van der Waals surface area contributed by atoms with Gasteiger partial charge in [-0.3, -0.25) is 4.79 Å². The van der Waals surface area contributed by atoms with Crippen LogP contribution in [0.25, 0.3) is 0 Å². The van der Waals surface area contributed by atoms with Crippen LogP contribution >= 0.6 is 0 Å². The van der Waals surface area contributed by atoms with Gasteiger partial charge < -0.3 is 13.7 Å². The van der Waals surface area contributed by atoms with Crippen LogP contribution in [0.4, 0.5) is 0 Å². The smallest absolute Gasteiger partial charge is 0.223 e. The molecule has 1 amide bonds. The molecule has 0 fully saturated rings. The second-order valence-electron chi connectivity index (χ2n) is 3.76. The number of nitrogens with zero attached hydrogens (tertiary/aromatic N) is 1. The van der Waals surface area contributed by atoms with Gasteiger partial charge in [0.1, 0.15) is 11.5 Å². The minimum atomic E-state index is 0.0813. The second kappa shape index (κ2) is 5.39. The van der Waals surface area contributed by atoms with Gasteiger partial charge in [-0.05, 0) is 24.3 Å². The van der Waals surface area contributed by atoms with Gasteiger partial charge in [-0.25, -0.2) is 0 Å². The van der Waals surface area contributed by atoms with Gasteiger partial charge in [0.05, 0.1) is 25.6 Å². The fourth-order valence-electron chi connectivity index (χ4n) is 1.64. The van der Waals surface area contributed by atoms with Crippen molar-refractivity contribution in [1.29, 1.82) is 0 Å². The lowest BCUT2D eigenvalue weighted by atomic mass is 10.3. The number of carbonyl (C=O) groups excluding carboxylic acids is 1. The molecule has 0 N–H and O–H groups in total. The Hall–Kier alpha value is -1.97. The van der Waals surface area contributed by atoms with Crippen LogP contribution in [0, 0.1) is 0 Å². The molecule has 17 heavy (non-hydrogen) atoms. The first-order chi connectivity index (χ1) is 8.29. The van der Waals surface area contributed by atoms with E-state index in [9.17, 15) is 4.79 Å². The van der Waals surface area contributed by atoms with E-state index >= 15 is 0 Å². The fourth-order valence-corrected chi connectivity index (χ4v) is 1.64. The average molecular weight is 233 g/mol.